The molecule has 2 aliphatic rings. The summed E-state index contributed by atoms with van der Waals surface area (Å²) in [6.07, 6.45) is 6.93. The van der Waals surface area contributed by atoms with E-state index in [0.29, 0.717) is 5.41 Å². The van der Waals surface area contributed by atoms with Gasteiger partial charge in [0.15, 0.2) is 0 Å². The SMILES string of the molecule is CN1CCN(NC2CCCC(C(C)(C)C)CC2)CC1. The topological polar surface area (TPSA) is 18.5 Å². The van der Waals surface area contributed by atoms with Crippen molar-refractivity contribution < 1.29 is 0 Å². The van der Waals surface area contributed by atoms with Gasteiger partial charge in [-0.3, -0.25) is 5.43 Å². The molecule has 2 rings (SSSR count). The first-order valence-corrected chi connectivity index (χ1v) is 8.15. The van der Waals surface area contributed by atoms with Gasteiger partial charge in [-0.15, -0.1) is 0 Å². The predicted octanol–water partition coefficient (Wildman–Crippen LogP) is 2.73. The van der Waals surface area contributed by atoms with E-state index >= 15 is 0 Å². The summed E-state index contributed by atoms with van der Waals surface area (Å²) in [6, 6.07) is 0.718. The Labute approximate surface area is 119 Å². The molecule has 112 valence electrons. The molecule has 3 nitrogen and oxygen atoms in total. The van der Waals surface area contributed by atoms with Crippen molar-refractivity contribution in [3.8, 4) is 0 Å². The van der Waals surface area contributed by atoms with Gasteiger partial charge in [-0.1, -0.05) is 27.2 Å². The van der Waals surface area contributed by atoms with E-state index < -0.39 is 0 Å². The van der Waals surface area contributed by atoms with Gasteiger partial charge in [-0.2, -0.15) is 0 Å². The fourth-order valence-electron chi connectivity index (χ4n) is 3.49. The summed E-state index contributed by atoms with van der Waals surface area (Å²) >= 11 is 0. The van der Waals surface area contributed by atoms with Gasteiger partial charge in [0.25, 0.3) is 0 Å². The highest BCUT2D eigenvalue weighted by Crippen LogP contribution is 2.36. The van der Waals surface area contributed by atoms with Gasteiger partial charge in [0.2, 0.25) is 0 Å². The molecule has 1 saturated carbocycles. The summed E-state index contributed by atoms with van der Waals surface area (Å²) < 4.78 is 0. The van der Waals surface area contributed by atoms with Crippen LogP contribution < -0.4 is 5.43 Å². The molecule has 2 fully saturated rings. The molecule has 1 saturated heterocycles. The summed E-state index contributed by atoms with van der Waals surface area (Å²) in [7, 11) is 2.22. The van der Waals surface area contributed by atoms with E-state index in [9.17, 15) is 0 Å². The van der Waals surface area contributed by atoms with Gasteiger partial charge in [0.05, 0.1) is 0 Å². The lowest BCUT2D eigenvalue weighted by Gasteiger charge is -2.35. The van der Waals surface area contributed by atoms with Crippen LogP contribution >= 0.6 is 0 Å². The third-order valence-corrected chi connectivity index (χ3v) is 5.06. The first-order chi connectivity index (χ1) is 8.95. The molecule has 1 N–H and O–H groups in total. The van der Waals surface area contributed by atoms with E-state index in [0.717, 1.165) is 12.0 Å². The van der Waals surface area contributed by atoms with Crippen molar-refractivity contribution in [2.24, 2.45) is 11.3 Å². The average molecular weight is 267 g/mol. The van der Waals surface area contributed by atoms with E-state index in [1.165, 1.54) is 58.3 Å². The van der Waals surface area contributed by atoms with Crippen molar-refractivity contribution in [3.05, 3.63) is 0 Å². The molecule has 19 heavy (non-hydrogen) atoms. The van der Waals surface area contributed by atoms with Gasteiger partial charge < -0.3 is 4.90 Å². The lowest BCUT2D eigenvalue weighted by Crippen LogP contribution is -2.53. The van der Waals surface area contributed by atoms with E-state index in [4.69, 9.17) is 0 Å². The Kier molecular flexibility index (Phi) is 5.27. The molecular formula is C16H33N3. The molecule has 0 radical (unpaired) electrons. The van der Waals surface area contributed by atoms with Crippen LogP contribution in [-0.2, 0) is 0 Å². The Bertz CT molecular complexity index is 264. The highest BCUT2D eigenvalue weighted by atomic mass is 15.5. The Morgan fingerprint density at radius 2 is 1.58 bits per heavy atom. The fraction of sp³-hybridized carbons (Fsp3) is 1.00. The van der Waals surface area contributed by atoms with Crippen LogP contribution in [0.1, 0.15) is 52.9 Å². The lowest BCUT2D eigenvalue weighted by molar-refractivity contribution is 0.0825. The molecule has 1 aliphatic carbocycles. The molecule has 2 unspecified atom stereocenters. The minimum Gasteiger partial charge on any atom is -0.304 e. The van der Waals surface area contributed by atoms with Crippen LogP contribution in [0, 0.1) is 11.3 Å². The zero-order chi connectivity index (χ0) is 13.9. The second-order valence-electron chi connectivity index (χ2n) is 7.69. The molecule has 1 heterocycles. The lowest BCUT2D eigenvalue weighted by atomic mass is 9.76. The molecule has 0 aromatic carbocycles. The number of hydrazine groups is 1. The Hall–Kier alpha value is -0.120. The smallest absolute Gasteiger partial charge is 0.0259 e. The molecule has 0 bridgehead atoms. The van der Waals surface area contributed by atoms with Crippen LogP contribution in [0.25, 0.3) is 0 Å². The van der Waals surface area contributed by atoms with Gasteiger partial charge >= 0.3 is 0 Å². The zero-order valence-corrected chi connectivity index (χ0v) is 13.4. The largest absolute Gasteiger partial charge is 0.304 e. The van der Waals surface area contributed by atoms with Crippen LogP contribution in [0.5, 0.6) is 0 Å². The molecule has 0 amide bonds. The van der Waals surface area contributed by atoms with E-state index in [2.05, 4.69) is 43.2 Å². The van der Waals surface area contributed by atoms with Gasteiger partial charge in [-0.05, 0) is 44.1 Å². The van der Waals surface area contributed by atoms with Crippen LogP contribution in [-0.4, -0.2) is 49.2 Å². The minimum absolute atomic E-state index is 0.489. The van der Waals surface area contributed by atoms with Crippen molar-refractivity contribution in [2.75, 3.05) is 33.2 Å². The van der Waals surface area contributed by atoms with Crippen LogP contribution in [0.2, 0.25) is 0 Å². The summed E-state index contributed by atoms with van der Waals surface area (Å²) in [5, 5.41) is 2.46. The van der Waals surface area contributed by atoms with Crippen LogP contribution in [0.15, 0.2) is 0 Å². The van der Waals surface area contributed by atoms with Crippen molar-refractivity contribution in [1.82, 2.24) is 15.3 Å². The number of nitrogens with zero attached hydrogens (tertiary/aromatic N) is 2. The van der Waals surface area contributed by atoms with E-state index in [1.54, 1.807) is 0 Å². The quantitative estimate of drug-likeness (QED) is 0.776. The normalized spacial score (nSPS) is 32.2. The summed E-state index contributed by atoms with van der Waals surface area (Å²) in [5.74, 6) is 0.909. The molecule has 0 aromatic heterocycles. The Balaban J connectivity index is 1.76. The van der Waals surface area contributed by atoms with Crippen molar-refractivity contribution in [1.29, 1.82) is 0 Å². The highest BCUT2D eigenvalue weighted by molar-refractivity contribution is 4.81. The molecule has 3 heteroatoms. The number of hydrogen-bond donors (Lipinski definition) is 1. The zero-order valence-electron chi connectivity index (χ0n) is 13.4. The number of likely N-dealkylation sites (N-methyl/N-ethyl adjacent to an activating group) is 1. The van der Waals surface area contributed by atoms with E-state index in [1.807, 2.05) is 0 Å². The second-order valence-corrected chi connectivity index (χ2v) is 7.69. The maximum absolute atomic E-state index is 3.80. The van der Waals surface area contributed by atoms with E-state index in [-0.39, 0.29) is 0 Å². The number of nitrogens with one attached hydrogen (secondary N) is 1. The Morgan fingerprint density at radius 3 is 2.21 bits per heavy atom. The molecule has 0 spiro atoms. The Morgan fingerprint density at radius 1 is 0.895 bits per heavy atom. The van der Waals surface area contributed by atoms with Crippen molar-refractivity contribution >= 4 is 0 Å². The van der Waals surface area contributed by atoms with Crippen LogP contribution in [0.4, 0.5) is 0 Å². The molecule has 1 aliphatic heterocycles. The minimum atomic E-state index is 0.489. The monoisotopic (exact) mass is 267 g/mol. The van der Waals surface area contributed by atoms with Gasteiger partial charge in [-0.25, -0.2) is 5.01 Å². The first-order valence-electron chi connectivity index (χ1n) is 8.15. The third-order valence-electron chi connectivity index (χ3n) is 5.06. The second kappa shape index (κ2) is 6.55. The maximum Gasteiger partial charge on any atom is 0.0259 e. The average Bonchev–Trinajstić information content (AvgIpc) is 2.57. The predicted molar refractivity (Wildman–Crippen MR) is 82.0 cm³/mol. The fourth-order valence-corrected chi connectivity index (χ4v) is 3.49. The summed E-state index contributed by atoms with van der Waals surface area (Å²) in [6.45, 7) is 12.0. The highest BCUT2D eigenvalue weighted by Gasteiger charge is 2.28. The molecule has 2 atom stereocenters. The number of piperazine rings is 1. The first kappa shape index (κ1) is 15.3. The van der Waals surface area contributed by atoms with Gasteiger partial charge in [0, 0.05) is 32.2 Å². The summed E-state index contributed by atoms with van der Waals surface area (Å²) in [5.41, 5.74) is 4.29. The number of rotatable bonds is 2. The van der Waals surface area contributed by atoms with Crippen molar-refractivity contribution in [2.45, 2.75) is 58.9 Å². The maximum atomic E-state index is 3.80. The number of hydrogen-bond acceptors (Lipinski definition) is 3. The standard InChI is InChI=1S/C16H33N3/c1-16(2,3)14-6-5-7-15(9-8-14)17-19-12-10-18(4)11-13-19/h14-15,17H,5-13H2,1-4H3. The van der Waals surface area contributed by atoms with Gasteiger partial charge in [0.1, 0.15) is 0 Å². The molecule has 0 aromatic rings. The summed E-state index contributed by atoms with van der Waals surface area (Å²) in [4.78, 5) is 2.42. The molecular weight excluding hydrogens is 234 g/mol. The third kappa shape index (κ3) is 4.73. The van der Waals surface area contributed by atoms with Crippen molar-refractivity contribution in [3.63, 3.8) is 0 Å². The van der Waals surface area contributed by atoms with Crippen LogP contribution in [0.3, 0.4) is 0 Å².